The van der Waals surface area contributed by atoms with Crippen LogP contribution >= 0.6 is 0 Å². The minimum Gasteiger partial charge on any atom is -0.378 e. The van der Waals surface area contributed by atoms with E-state index in [2.05, 4.69) is 72.4 Å². The standard InChI is InChI=1S/C27H35N5O/c1-7-9-23(32-12-14-33-15-13-32)16-25-26(18(2)3)21(6)30-31-27(25)29-20(5)24-11-8-10-22(17-28)19(24)4/h8-11,16,20H,7,12-15H2,1-6H3,(H,29,31)/b23-9-,25-16+/t20-/m1/s1. The fourth-order valence-corrected chi connectivity index (χ4v) is 4.40. The van der Waals surface area contributed by atoms with Crippen molar-refractivity contribution < 1.29 is 4.74 Å². The van der Waals surface area contributed by atoms with Crippen LogP contribution in [0.25, 0.3) is 11.6 Å². The van der Waals surface area contributed by atoms with Crippen LogP contribution in [0.1, 0.15) is 62.5 Å². The van der Waals surface area contributed by atoms with Crippen LogP contribution in [-0.2, 0) is 4.74 Å². The Morgan fingerprint density at radius 1 is 1.24 bits per heavy atom. The predicted octanol–water partition coefficient (Wildman–Crippen LogP) is 3.74. The molecular weight excluding hydrogens is 410 g/mol. The molecule has 33 heavy (non-hydrogen) atoms. The van der Waals surface area contributed by atoms with Crippen LogP contribution in [0.15, 0.2) is 30.0 Å². The maximum Gasteiger partial charge on any atom is 0.157 e. The van der Waals surface area contributed by atoms with Gasteiger partial charge in [-0.25, -0.2) is 0 Å². The highest BCUT2D eigenvalue weighted by Gasteiger charge is 2.16. The van der Waals surface area contributed by atoms with Gasteiger partial charge in [0.15, 0.2) is 5.82 Å². The Labute approximate surface area is 197 Å². The minimum absolute atomic E-state index is 0.0329. The molecule has 0 amide bonds. The van der Waals surface area contributed by atoms with Gasteiger partial charge < -0.3 is 15.0 Å². The molecule has 0 unspecified atom stereocenters. The SMILES string of the molecule is CC/C=C(/C=c1/c(N[C@H](C)c2cccc(C#N)c2C)nnc(C)c1=C(C)C)N1CCOCC1. The number of nitriles is 1. The van der Waals surface area contributed by atoms with E-state index >= 15 is 0 Å². The Bertz CT molecular complexity index is 1180. The third-order valence-corrected chi connectivity index (χ3v) is 6.08. The van der Waals surface area contributed by atoms with Crippen LogP contribution in [0.2, 0.25) is 0 Å². The van der Waals surface area contributed by atoms with Gasteiger partial charge in [-0.2, -0.15) is 10.4 Å². The molecular formula is C27H35N5O. The first kappa shape index (κ1) is 24.5. The molecule has 1 aromatic heterocycles. The molecule has 6 nitrogen and oxygen atoms in total. The summed E-state index contributed by atoms with van der Waals surface area (Å²) in [5.74, 6) is 0.751. The lowest BCUT2D eigenvalue weighted by atomic mass is 9.98. The number of nitrogens with one attached hydrogen (secondary N) is 1. The van der Waals surface area contributed by atoms with Crippen molar-refractivity contribution in [3.8, 4) is 6.07 Å². The van der Waals surface area contributed by atoms with Gasteiger partial charge >= 0.3 is 0 Å². The maximum atomic E-state index is 9.44. The van der Waals surface area contributed by atoms with E-state index in [-0.39, 0.29) is 6.04 Å². The van der Waals surface area contributed by atoms with Crippen LogP contribution in [0.3, 0.4) is 0 Å². The van der Waals surface area contributed by atoms with Gasteiger partial charge in [0.2, 0.25) is 0 Å². The monoisotopic (exact) mass is 445 g/mol. The summed E-state index contributed by atoms with van der Waals surface area (Å²) in [6.45, 7) is 15.7. The van der Waals surface area contributed by atoms with E-state index < -0.39 is 0 Å². The topological polar surface area (TPSA) is 74.1 Å². The van der Waals surface area contributed by atoms with Gasteiger partial charge in [-0.15, -0.1) is 5.10 Å². The molecule has 0 radical (unpaired) electrons. The van der Waals surface area contributed by atoms with E-state index in [0.717, 1.165) is 65.8 Å². The zero-order chi connectivity index (χ0) is 24.0. The number of morpholine rings is 1. The van der Waals surface area contributed by atoms with E-state index in [1.165, 1.54) is 11.3 Å². The first-order valence-corrected chi connectivity index (χ1v) is 11.7. The zero-order valence-corrected chi connectivity index (χ0v) is 20.7. The number of hydrogen-bond donors (Lipinski definition) is 1. The van der Waals surface area contributed by atoms with Crippen molar-refractivity contribution in [1.29, 1.82) is 5.26 Å². The van der Waals surface area contributed by atoms with E-state index in [0.29, 0.717) is 5.56 Å². The summed E-state index contributed by atoms with van der Waals surface area (Å²) in [5, 5.41) is 24.3. The van der Waals surface area contributed by atoms with Gasteiger partial charge in [0.25, 0.3) is 0 Å². The minimum atomic E-state index is -0.0329. The molecule has 1 aliphatic rings. The average molecular weight is 446 g/mol. The highest BCUT2D eigenvalue weighted by Crippen LogP contribution is 2.22. The molecule has 1 aliphatic heterocycles. The number of anilines is 1. The van der Waals surface area contributed by atoms with Crippen molar-refractivity contribution in [3.63, 3.8) is 0 Å². The molecule has 1 saturated heterocycles. The number of aryl methyl sites for hydroxylation is 1. The summed E-state index contributed by atoms with van der Waals surface area (Å²) in [5.41, 5.74) is 6.07. The predicted molar refractivity (Wildman–Crippen MR) is 134 cm³/mol. The Hall–Kier alpha value is -3.17. The summed E-state index contributed by atoms with van der Waals surface area (Å²) >= 11 is 0. The second-order valence-electron chi connectivity index (χ2n) is 8.70. The molecule has 0 saturated carbocycles. The Morgan fingerprint density at radius 3 is 2.61 bits per heavy atom. The van der Waals surface area contributed by atoms with Crippen molar-refractivity contribution in [2.75, 3.05) is 31.6 Å². The maximum absolute atomic E-state index is 9.44. The van der Waals surface area contributed by atoms with Crippen LogP contribution < -0.4 is 15.8 Å². The van der Waals surface area contributed by atoms with Gasteiger partial charge in [-0.1, -0.05) is 30.7 Å². The summed E-state index contributed by atoms with van der Waals surface area (Å²) in [6.07, 6.45) is 5.46. The molecule has 2 heterocycles. The molecule has 1 aromatic carbocycles. The molecule has 1 N–H and O–H groups in total. The third kappa shape index (κ3) is 5.61. The molecule has 0 bridgehead atoms. The molecule has 0 spiro atoms. The molecule has 1 fully saturated rings. The van der Waals surface area contributed by atoms with Crippen LogP contribution in [-0.4, -0.2) is 41.4 Å². The van der Waals surface area contributed by atoms with Crippen molar-refractivity contribution >= 4 is 17.5 Å². The van der Waals surface area contributed by atoms with Gasteiger partial charge in [-0.3, -0.25) is 0 Å². The number of hydrogen-bond acceptors (Lipinski definition) is 6. The van der Waals surface area contributed by atoms with Crippen molar-refractivity contribution in [2.24, 2.45) is 0 Å². The fourth-order valence-electron chi connectivity index (χ4n) is 4.40. The van der Waals surface area contributed by atoms with Gasteiger partial charge in [0, 0.05) is 29.2 Å². The molecule has 3 rings (SSSR count). The fraction of sp³-hybridized carbons (Fsp3) is 0.444. The smallest absolute Gasteiger partial charge is 0.157 e. The second-order valence-corrected chi connectivity index (χ2v) is 8.70. The lowest BCUT2D eigenvalue weighted by Gasteiger charge is -2.30. The molecule has 0 aliphatic carbocycles. The summed E-state index contributed by atoms with van der Waals surface area (Å²) in [4.78, 5) is 2.38. The summed E-state index contributed by atoms with van der Waals surface area (Å²) in [7, 11) is 0. The quantitative estimate of drug-likeness (QED) is 0.730. The number of ether oxygens (including phenoxy) is 1. The van der Waals surface area contributed by atoms with E-state index in [1.807, 2.05) is 26.0 Å². The first-order valence-electron chi connectivity index (χ1n) is 11.7. The first-order chi connectivity index (χ1) is 15.9. The number of aromatic nitrogens is 2. The molecule has 2 aromatic rings. The Kier molecular flexibility index (Phi) is 8.24. The van der Waals surface area contributed by atoms with Gasteiger partial charge in [0.1, 0.15) is 0 Å². The summed E-state index contributed by atoms with van der Waals surface area (Å²) in [6, 6.07) is 8.10. The number of benzene rings is 1. The highest BCUT2D eigenvalue weighted by molar-refractivity contribution is 5.57. The number of allylic oxidation sites excluding steroid dienone is 2. The summed E-state index contributed by atoms with van der Waals surface area (Å²) < 4.78 is 5.57. The molecule has 6 heteroatoms. The van der Waals surface area contributed by atoms with Crippen LogP contribution in [0.4, 0.5) is 5.82 Å². The van der Waals surface area contributed by atoms with Crippen LogP contribution in [0, 0.1) is 25.2 Å². The lowest BCUT2D eigenvalue weighted by molar-refractivity contribution is 0.0561. The van der Waals surface area contributed by atoms with E-state index in [4.69, 9.17) is 4.74 Å². The van der Waals surface area contributed by atoms with Gasteiger partial charge in [-0.05, 0) is 64.3 Å². The number of rotatable bonds is 6. The van der Waals surface area contributed by atoms with Crippen LogP contribution in [0.5, 0.6) is 0 Å². The Morgan fingerprint density at radius 2 is 1.97 bits per heavy atom. The van der Waals surface area contributed by atoms with Crippen molar-refractivity contribution in [2.45, 2.75) is 54.0 Å². The largest absolute Gasteiger partial charge is 0.378 e. The average Bonchev–Trinajstić information content (AvgIpc) is 2.80. The molecule has 1 atom stereocenters. The van der Waals surface area contributed by atoms with Crippen molar-refractivity contribution in [1.82, 2.24) is 15.1 Å². The zero-order valence-electron chi connectivity index (χ0n) is 20.7. The van der Waals surface area contributed by atoms with E-state index in [1.54, 1.807) is 0 Å². The second kappa shape index (κ2) is 11.1. The Balaban J connectivity index is 2.15. The third-order valence-electron chi connectivity index (χ3n) is 6.08. The van der Waals surface area contributed by atoms with Gasteiger partial charge in [0.05, 0.1) is 36.6 Å². The normalized spacial score (nSPS) is 15.8. The number of nitrogens with zero attached hydrogens (tertiary/aromatic N) is 4. The van der Waals surface area contributed by atoms with Crippen molar-refractivity contribution in [3.05, 3.63) is 62.8 Å². The molecule has 174 valence electrons. The van der Waals surface area contributed by atoms with E-state index in [9.17, 15) is 5.26 Å². The highest BCUT2D eigenvalue weighted by atomic mass is 16.5. The lowest BCUT2D eigenvalue weighted by Crippen LogP contribution is -2.38.